The number of nitrogens with zero attached hydrogens (tertiary/aromatic N) is 4. The van der Waals surface area contributed by atoms with Crippen molar-refractivity contribution in [3.8, 4) is 11.5 Å². The molecule has 3 aromatic rings. The minimum absolute atomic E-state index is 0.0773. The van der Waals surface area contributed by atoms with Gasteiger partial charge in [0, 0.05) is 26.1 Å². The summed E-state index contributed by atoms with van der Waals surface area (Å²) in [5, 5.41) is 16.0. The molecule has 5 rings (SSSR count). The monoisotopic (exact) mass is 647 g/mol. The van der Waals surface area contributed by atoms with Gasteiger partial charge in [-0.15, -0.1) is 6.58 Å². The molecule has 2 saturated heterocycles. The fraction of sp³-hybridized carbons (Fsp3) is 0.281. The van der Waals surface area contributed by atoms with E-state index in [0.717, 1.165) is 21.2 Å². The number of amides is 4. The van der Waals surface area contributed by atoms with Crippen molar-refractivity contribution in [2.24, 2.45) is 0 Å². The van der Waals surface area contributed by atoms with Crippen molar-refractivity contribution < 1.29 is 24.2 Å². The average molecular weight is 649 g/mol. The van der Waals surface area contributed by atoms with Crippen molar-refractivity contribution >= 4 is 33.8 Å². The molecule has 2 heterocycles. The summed E-state index contributed by atoms with van der Waals surface area (Å²) in [7, 11) is 1.59. The maximum Gasteiger partial charge on any atom is 0.334 e. The largest absolute Gasteiger partial charge is 0.508 e. The molecular formula is C32H34BrN5O5. The summed E-state index contributed by atoms with van der Waals surface area (Å²) in [6, 6.07) is 20.5. The van der Waals surface area contributed by atoms with Gasteiger partial charge >= 0.3 is 6.03 Å². The van der Waals surface area contributed by atoms with Crippen molar-refractivity contribution in [1.82, 2.24) is 25.1 Å². The van der Waals surface area contributed by atoms with Gasteiger partial charge in [-0.3, -0.25) is 9.59 Å². The molecule has 11 heteroatoms. The number of halogens is 1. The van der Waals surface area contributed by atoms with Crippen molar-refractivity contribution in [1.29, 1.82) is 0 Å². The van der Waals surface area contributed by atoms with E-state index >= 15 is 0 Å². The lowest BCUT2D eigenvalue weighted by molar-refractivity contribution is -0.189. The van der Waals surface area contributed by atoms with Crippen LogP contribution >= 0.6 is 15.9 Å². The lowest BCUT2D eigenvalue weighted by Crippen LogP contribution is -2.76. The second kappa shape index (κ2) is 13.3. The Morgan fingerprint density at radius 1 is 1.07 bits per heavy atom. The quantitative estimate of drug-likeness (QED) is 0.342. The number of phenols is 1. The van der Waals surface area contributed by atoms with E-state index in [1.165, 1.54) is 0 Å². The molecule has 224 valence electrons. The van der Waals surface area contributed by atoms with E-state index in [0.29, 0.717) is 12.3 Å². The number of carbonyl (C=O) groups excluding carboxylic acids is 3. The minimum atomic E-state index is -0.854. The SMILES string of the molecule is C=CCN1CC(=O)N2C(Cc3ccc(O)cc3)C(=O)N(Cc3ccc(OC)c(Br)c3)CC2N1C(=O)NCc1ccccc1. The predicted octanol–water partition coefficient (Wildman–Crippen LogP) is 3.90. The highest BCUT2D eigenvalue weighted by Crippen LogP contribution is 2.31. The topological polar surface area (TPSA) is 106 Å². The number of piperazine rings is 1. The van der Waals surface area contributed by atoms with E-state index in [-0.39, 0.29) is 56.2 Å². The predicted molar refractivity (Wildman–Crippen MR) is 165 cm³/mol. The number of aromatic hydroxyl groups is 1. The third-order valence-corrected chi connectivity index (χ3v) is 8.24. The lowest BCUT2D eigenvalue weighted by Gasteiger charge is -2.55. The molecule has 0 radical (unpaired) electrons. The van der Waals surface area contributed by atoms with Gasteiger partial charge in [-0.2, -0.15) is 0 Å². The zero-order valence-corrected chi connectivity index (χ0v) is 25.4. The summed E-state index contributed by atoms with van der Waals surface area (Å²) in [6.07, 6.45) is 1.12. The molecule has 2 aliphatic rings. The molecular weight excluding hydrogens is 614 g/mol. The molecule has 0 saturated carbocycles. The Kier molecular flexibility index (Phi) is 9.32. The van der Waals surface area contributed by atoms with Crippen LogP contribution in [0.4, 0.5) is 4.79 Å². The highest BCUT2D eigenvalue weighted by atomic mass is 79.9. The first kappa shape index (κ1) is 30.1. The van der Waals surface area contributed by atoms with E-state index in [2.05, 4.69) is 27.8 Å². The molecule has 0 aliphatic carbocycles. The van der Waals surface area contributed by atoms with Gasteiger partial charge in [-0.1, -0.05) is 54.6 Å². The summed E-state index contributed by atoms with van der Waals surface area (Å²) < 4.78 is 6.12. The number of ether oxygens (including phenoxy) is 1. The van der Waals surface area contributed by atoms with Gasteiger partial charge in [0.15, 0.2) is 0 Å². The van der Waals surface area contributed by atoms with E-state index in [4.69, 9.17) is 4.74 Å². The Morgan fingerprint density at radius 3 is 2.47 bits per heavy atom. The van der Waals surface area contributed by atoms with Crippen molar-refractivity contribution in [2.45, 2.75) is 31.7 Å². The molecule has 2 unspecified atom stereocenters. The summed E-state index contributed by atoms with van der Waals surface area (Å²) in [4.78, 5) is 44.9. The molecule has 2 N–H and O–H groups in total. The normalized spacial score (nSPS) is 18.8. The van der Waals surface area contributed by atoms with Crippen LogP contribution in [0.3, 0.4) is 0 Å². The fourth-order valence-electron chi connectivity index (χ4n) is 5.58. The molecule has 10 nitrogen and oxygen atoms in total. The molecule has 2 aliphatic heterocycles. The average Bonchev–Trinajstić information content (AvgIpc) is 3.00. The number of phenolic OH excluding ortho intramolecular Hbond substituents is 1. The number of urea groups is 1. The number of nitrogens with one attached hydrogen (secondary N) is 1. The van der Waals surface area contributed by atoms with Gasteiger partial charge in [0.25, 0.3) is 0 Å². The van der Waals surface area contributed by atoms with Crippen molar-refractivity contribution in [3.05, 3.63) is 107 Å². The Balaban J connectivity index is 1.49. The van der Waals surface area contributed by atoms with Gasteiger partial charge < -0.3 is 25.0 Å². The zero-order chi connectivity index (χ0) is 30.5. The first-order chi connectivity index (χ1) is 20.8. The van der Waals surface area contributed by atoms with Crippen LogP contribution in [-0.4, -0.2) is 81.7 Å². The number of benzene rings is 3. The molecule has 4 amide bonds. The van der Waals surface area contributed by atoms with Crippen LogP contribution in [0.2, 0.25) is 0 Å². The van der Waals surface area contributed by atoms with Crippen LogP contribution in [0, 0.1) is 0 Å². The van der Waals surface area contributed by atoms with Gasteiger partial charge in [0.2, 0.25) is 11.8 Å². The first-order valence-electron chi connectivity index (χ1n) is 14.0. The maximum atomic E-state index is 14.1. The van der Waals surface area contributed by atoms with E-state index in [9.17, 15) is 19.5 Å². The van der Waals surface area contributed by atoms with Gasteiger partial charge in [0.1, 0.15) is 23.7 Å². The highest BCUT2D eigenvalue weighted by molar-refractivity contribution is 9.10. The number of hydrazine groups is 1. The van der Waals surface area contributed by atoms with Gasteiger partial charge in [0.05, 0.1) is 24.7 Å². The standard InChI is InChI=1S/C32H34BrN5O5/c1-3-15-36-21-30(40)37-27(17-22-9-12-25(39)13-10-22)31(41)35(19-24-11-14-28(43-2)26(33)16-24)20-29(37)38(36)32(42)34-18-23-7-5-4-6-8-23/h3-14,16,27,29,39H,1,15,17-21H2,2H3,(H,34,42). The highest BCUT2D eigenvalue weighted by Gasteiger charge is 2.51. The number of fused-ring (bicyclic) bond motifs is 1. The summed E-state index contributed by atoms with van der Waals surface area (Å²) >= 11 is 3.52. The van der Waals surface area contributed by atoms with E-state index < -0.39 is 12.2 Å². The Bertz CT molecular complexity index is 1490. The smallest absolute Gasteiger partial charge is 0.334 e. The number of methoxy groups -OCH3 is 1. The second-order valence-corrected chi connectivity index (χ2v) is 11.3. The minimum Gasteiger partial charge on any atom is -0.508 e. The molecule has 0 aromatic heterocycles. The Morgan fingerprint density at radius 2 is 1.79 bits per heavy atom. The molecule has 2 fully saturated rings. The summed E-state index contributed by atoms with van der Waals surface area (Å²) in [6.45, 7) is 4.72. The van der Waals surface area contributed by atoms with Crippen LogP contribution in [0.15, 0.2) is 89.9 Å². The summed E-state index contributed by atoms with van der Waals surface area (Å²) in [5.41, 5.74) is 2.58. The number of carbonyl (C=O) groups is 3. The fourth-order valence-corrected chi connectivity index (χ4v) is 6.17. The third-order valence-electron chi connectivity index (χ3n) is 7.62. The number of hydrogen-bond donors (Lipinski definition) is 2. The molecule has 0 spiro atoms. The van der Waals surface area contributed by atoms with Crippen LogP contribution in [0.5, 0.6) is 11.5 Å². The zero-order valence-electron chi connectivity index (χ0n) is 23.9. The molecule has 43 heavy (non-hydrogen) atoms. The third kappa shape index (κ3) is 6.68. The molecule has 2 atom stereocenters. The van der Waals surface area contributed by atoms with Crippen LogP contribution in [0.25, 0.3) is 0 Å². The van der Waals surface area contributed by atoms with E-state index in [1.54, 1.807) is 57.3 Å². The molecule has 0 bridgehead atoms. The number of rotatable bonds is 9. The van der Waals surface area contributed by atoms with Gasteiger partial charge in [-0.05, 0) is 56.9 Å². The first-order valence-corrected chi connectivity index (χ1v) is 14.8. The molecule has 3 aromatic carbocycles. The lowest BCUT2D eigenvalue weighted by atomic mass is 9.98. The van der Waals surface area contributed by atoms with Crippen LogP contribution in [-0.2, 0) is 29.1 Å². The van der Waals surface area contributed by atoms with Crippen LogP contribution in [0.1, 0.15) is 16.7 Å². The van der Waals surface area contributed by atoms with E-state index in [1.807, 2.05) is 48.5 Å². The number of hydrogen-bond acceptors (Lipinski definition) is 6. The van der Waals surface area contributed by atoms with Crippen LogP contribution < -0.4 is 10.1 Å². The Hall–Kier alpha value is -4.35. The van der Waals surface area contributed by atoms with Crippen molar-refractivity contribution in [2.75, 3.05) is 26.7 Å². The maximum absolute atomic E-state index is 14.1. The second-order valence-electron chi connectivity index (χ2n) is 10.5. The van der Waals surface area contributed by atoms with Gasteiger partial charge in [-0.25, -0.2) is 14.8 Å². The Labute approximate surface area is 259 Å². The summed E-state index contributed by atoms with van der Waals surface area (Å²) in [5.74, 6) is 0.317. The van der Waals surface area contributed by atoms with Crippen molar-refractivity contribution in [3.63, 3.8) is 0 Å².